The van der Waals surface area contributed by atoms with Crippen LogP contribution in [0.3, 0.4) is 0 Å². The monoisotopic (exact) mass is 438 g/mol. The minimum atomic E-state index is -0.0640. The van der Waals surface area contributed by atoms with E-state index < -0.39 is 0 Å². The van der Waals surface area contributed by atoms with E-state index in [2.05, 4.69) is 107 Å². The lowest BCUT2D eigenvalue weighted by Gasteiger charge is -2.29. The molecule has 5 heteroatoms. The van der Waals surface area contributed by atoms with Crippen LogP contribution in [-0.2, 0) is 0 Å². The number of nitrogens with zero attached hydrogens (tertiary/aromatic N) is 3. The molecule has 0 spiro atoms. The van der Waals surface area contributed by atoms with Crippen LogP contribution < -0.4 is 10.2 Å². The number of benzene rings is 2. The molecule has 0 saturated carbocycles. The standard InChI is InChI=1S/C27H26N4S/c1-19(2)20-13-15-22(16-14-20)31-26(25(29-27(31)32)23-11-6-7-17-28-23)24-12-8-18-30(24)21-9-4-3-5-10-21/h3-19,25-26H,1-2H3,(H,29,32)/t25-,26+/m1/s1. The van der Waals surface area contributed by atoms with Crippen molar-refractivity contribution < 1.29 is 0 Å². The Bertz CT molecular complexity index is 1200. The summed E-state index contributed by atoms with van der Waals surface area (Å²) < 4.78 is 2.24. The van der Waals surface area contributed by atoms with E-state index >= 15 is 0 Å². The van der Waals surface area contributed by atoms with Gasteiger partial charge in [0.1, 0.15) is 6.04 Å². The van der Waals surface area contributed by atoms with Gasteiger partial charge in [-0.05, 0) is 72.2 Å². The molecule has 1 aliphatic heterocycles. The number of anilines is 1. The summed E-state index contributed by atoms with van der Waals surface area (Å²) >= 11 is 5.87. The fourth-order valence-corrected chi connectivity index (χ4v) is 4.76. The quantitative estimate of drug-likeness (QED) is 0.378. The van der Waals surface area contributed by atoms with E-state index in [4.69, 9.17) is 12.2 Å². The third-order valence-electron chi connectivity index (χ3n) is 6.05. The van der Waals surface area contributed by atoms with Gasteiger partial charge in [0.25, 0.3) is 0 Å². The number of hydrogen-bond donors (Lipinski definition) is 1. The lowest BCUT2D eigenvalue weighted by atomic mass is 9.99. The van der Waals surface area contributed by atoms with E-state index in [0.717, 1.165) is 22.8 Å². The lowest BCUT2D eigenvalue weighted by molar-refractivity contribution is 0.549. The van der Waals surface area contributed by atoms with E-state index in [1.54, 1.807) is 0 Å². The lowest BCUT2D eigenvalue weighted by Crippen LogP contribution is -2.30. The highest BCUT2D eigenvalue weighted by Crippen LogP contribution is 2.42. The molecule has 1 saturated heterocycles. The van der Waals surface area contributed by atoms with Crippen LogP contribution in [0.4, 0.5) is 5.69 Å². The Morgan fingerprint density at radius 3 is 2.28 bits per heavy atom. The first kappa shape index (κ1) is 20.5. The molecule has 3 heterocycles. The van der Waals surface area contributed by atoms with Gasteiger partial charge in [-0.1, -0.05) is 50.2 Å². The Morgan fingerprint density at radius 1 is 0.844 bits per heavy atom. The SMILES string of the molecule is CC(C)c1ccc(N2C(=S)N[C@H](c3ccccn3)[C@@H]2c2cccn2-c2ccccc2)cc1. The third-order valence-corrected chi connectivity index (χ3v) is 6.37. The number of thiocarbonyl (C=S) groups is 1. The molecule has 160 valence electrons. The molecule has 4 aromatic rings. The number of hydrogen-bond acceptors (Lipinski definition) is 2. The summed E-state index contributed by atoms with van der Waals surface area (Å²) in [5.74, 6) is 0.486. The summed E-state index contributed by atoms with van der Waals surface area (Å²) in [6.07, 6.45) is 3.95. The van der Waals surface area contributed by atoms with Gasteiger partial charge in [0.05, 0.1) is 11.7 Å². The van der Waals surface area contributed by atoms with E-state index in [1.807, 2.05) is 24.4 Å². The highest BCUT2D eigenvalue weighted by Gasteiger charge is 2.42. The Labute approximate surface area is 194 Å². The van der Waals surface area contributed by atoms with Crippen LogP contribution in [0.5, 0.6) is 0 Å². The molecule has 0 aliphatic carbocycles. The summed E-state index contributed by atoms with van der Waals surface area (Å²) in [6.45, 7) is 4.42. The molecule has 4 nitrogen and oxygen atoms in total. The van der Waals surface area contributed by atoms with Crippen molar-refractivity contribution in [3.63, 3.8) is 0 Å². The van der Waals surface area contributed by atoms with Gasteiger partial charge in [-0.2, -0.15) is 0 Å². The van der Waals surface area contributed by atoms with Gasteiger partial charge in [-0.3, -0.25) is 4.98 Å². The smallest absolute Gasteiger partial charge is 0.174 e. The predicted octanol–water partition coefficient (Wildman–Crippen LogP) is 6.17. The molecular weight excluding hydrogens is 412 g/mol. The number of nitrogens with one attached hydrogen (secondary N) is 1. The molecular formula is C27H26N4S. The van der Waals surface area contributed by atoms with Gasteiger partial charge >= 0.3 is 0 Å². The van der Waals surface area contributed by atoms with Crippen LogP contribution in [-0.4, -0.2) is 14.7 Å². The Kier molecular flexibility index (Phi) is 5.50. The normalized spacial score (nSPS) is 18.2. The molecule has 0 radical (unpaired) electrons. The minimum Gasteiger partial charge on any atom is -0.351 e. The molecule has 32 heavy (non-hydrogen) atoms. The van der Waals surface area contributed by atoms with Gasteiger partial charge < -0.3 is 14.8 Å². The second-order valence-corrected chi connectivity index (χ2v) is 8.77. The first-order valence-electron chi connectivity index (χ1n) is 11.0. The van der Waals surface area contributed by atoms with Crippen LogP contribution >= 0.6 is 12.2 Å². The summed E-state index contributed by atoms with van der Waals surface area (Å²) in [7, 11) is 0. The molecule has 2 atom stereocenters. The van der Waals surface area contributed by atoms with Gasteiger partial charge in [0.15, 0.2) is 5.11 Å². The Balaban J connectivity index is 1.64. The Hall–Kier alpha value is -3.44. The van der Waals surface area contributed by atoms with E-state index in [0.29, 0.717) is 11.0 Å². The number of aromatic nitrogens is 2. The minimum absolute atomic E-state index is 0.0440. The fraction of sp³-hybridized carbons (Fsp3) is 0.185. The summed E-state index contributed by atoms with van der Waals surface area (Å²) in [5, 5.41) is 4.27. The van der Waals surface area contributed by atoms with Crippen molar-refractivity contribution >= 4 is 23.0 Å². The molecule has 2 aromatic carbocycles. The number of para-hydroxylation sites is 1. The van der Waals surface area contributed by atoms with Crippen LogP contribution in [0.2, 0.25) is 0 Å². The summed E-state index contributed by atoms with van der Waals surface area (Å²) in [4.78, 5) is 6.89. The molecule has 2 aromatic heterocycles. The van der Waals surface area contributed by atoms with Crippen molar-refractivity contribution in [3.05, 3.63) is 114 Å². The highest BCUT2D eigenvalue weighted by atomic mass is 32.1. The third kappa shape index (κ3) is 3.69. The molecule has 0 bridgehead atoms. The molecule has 1 N–H and O–H groups in total. The summed E-state index contributed by atoms with van der Waals surface area (Å²) in [5.41, 5.74) is 5.66. The topological polar surface area (TPSA) is 33.1 Å². The van der Waals surface area contributed by atoms with E-state index in [1.165, 1.54) is 5.56 Å². The van der Waals surface area contributed by atoms with E-state index in [9.17, 15) is 0 Å². The zero-order valence-electron chi connectivity index (χ0n) is 18.2. The average Bonchev–Trinajstić information content (AvgIpc) is 3.44. The van der Waals surface area contributed by atoms with Crippen LogP contribution in [0, 0.1) is 0 Å². The van der Waals surface area contributed by atoms with Crippen molar-refractivity contribution in [1.29, 1.82) is 0 Å². The van der Waals surface area contributed by atoms with Crippen molar-refractivity contribution in [1.82, 2.24) is 14.9 Å². The average molecular weight is 439 g/mol. The van der Waals surface area contributed by atoms with Crippen molar-refractivity contribution in [2.75, 3.05) is 4.90 Å². The van der Waals surface area contributed by atoms with E-state index in [-0.39, 0.29) is 12.1 Å². The van der Waals surface area contributed by atoms with Crippen LogP contribution in [0.15, 0.2) is 97.3 Å². The second kappa shape index (κ2) is 8.60. The maximum absolute atomic E-state index is 5.87. The molecule has 1 fully saturated rings. The second-order valence-electron chi connectivity index (χ2n) is 8.38. The van der Waals surface area contributed by atoms with Crippen molar-refractivity contribution in [3.8, 4) is 5.69 Å². The molecule has 0 unspecified atom stereocenters. The first-order valence-corrected chi connectivity index (χ1v) is 11.4. The molecule has 0 amide bonds. The maximum Gasteiger partial charge on any atom is 0.174 e. The Morgan fingerprint density at radius 2 is 1.59 bits per heavy atom. The number of pyridine rings is 1. The fourth-order valence-electron chi connectivity index (χ4n) is 4.41. The van der Waals surface area contributed by atoms with Crippen LogP contribution in [0.1, 0.15) is 48.8 Å². The van der Waals surface area contributed by atoms with Gasteiger partial charge in [-0.15, -0.1) is 0 Å². The first-order chi connectivity index (χ1) is 15.6. The zero-order chi connectivity index (χ0) is 22.1. The molecule has 5 rings (SSSR count). The van der Waals surface area contributed by atoms with Gasteiger partial charge in [0, 0.05) is 29.5 Å². The van der Waals surface area contributed by atoms with Gasteiger partial charge in [-0.25, -0.2) is 0 Å². The maximum atomic E-state index is 5.87. The van der Waals surface area contributed by atoms with Gasteiger partial charge in [0.2, 0.25) is 0 Å². The van der Waals surface area contributed by atoms with Crippen LogP contribution in [0.25, 0.3) is 5.69 Å². The van der Waals surface area contributed by atoms with Crippen molar-refractivity contribution in [2.24, 2.45) is 0 Å². The number of rotatable bonds is 5. The van der Waals surface area contributed by atoms with Crippen molar-refractivity contribution in [2.45, 2.75) is 31.8 Å². The largest absolute Gasteiger partial charge is 0.351 e. The zero-order valence-corrected chi connectivity index (χ0v) is 19.0. The summed E-state index contributed by atoms with van der Waals surface area (Å²) in [6, 6.07) is 29.4. The predicted molar refractivity (Wildman–Crippen MR) is 134 cm³/mol. The highest BCUT2D eigenvalue weighted by molar-refractivity contribution is 7.80. The molecule has 1 aliphatic rings.